The number of hydrogen-bond acceptors (Lipinski definition) is 3. The van der Waals surface area contributed by atoms with Crippen LogP contribution in [-0.2, 0) is 6.42 Å². The fraction of sp³-hybridized carbons (Fsp3) is 0.571. The first-order valence-corrected chi connectivity index (χ1v) is 7.12. The Morgan fingerprint density at radius 3 is 2.72 bits per heavy atom. The van der Waals surface area contributed by atoms with Crippen LogP contribution in [0.25, 0.3) is 0 Å². The van der Waals surface area contributed by atoms with Crippen molar-refractivity contribution in [3.63, 3.8) is 0 Å². The quantitative estimate of drug-likeness (QED) is 0.902. The number of benzene rings is 1. The molecule has 0 unspecified atom stereocenters. The van der Waals surface area contributed by atoms with Crippen molar-refractivity contribution >= 4 is 15.9 Å². The number of hydrogen-bond donors (Lipinski definition) is 2. The summed E-state index contributed by atoms with van der Waals surface area (Å²) in [6.07, 6.45) is 4.00. The lowest BCUT2D eigenvalue weighted by atomic mass is 9.79. The lowest BCUT2D eigenvalue weighted by Crippen LogP contribution is -2.40. The van der Waals surface area contributed by atoms with Crippen molar-refractivity contribution in [2.75, 3.05) is 7.11 Å². The molecule has 1 aliphatic rings. The van der Waals surface area contributed by atoms with E-state index in [2.05, 4.69) is 15.9 Å². The fourth-order valence-corrected chi connectivity index (χ4v) is 2.91. The highest BCUT2D eigenvalue weighted by Gasteiger charge is 2.32. The monoisotopic (exact) mass is 313 g/mol. The van der Waals surface area contributed by atoms with Crippen molar-refractivity contribution in [1.82, 2.24) is 0 Å². The molecule has 3 N–H and O–H groups in total. The molecule has 18 heavy (non-hydrogen) atoms. The van der Waals surface area contributed by atoms with Crippen LogP contribution >= 0.6 is 15.9 Å². The normalized spacial score (nSPS) is 28.1. The van der Waals surface area contributed by atoms with Crippen LogP contribution in [0.1, 0.15) is 31.2 Å². The van der Waals surface area contributed by atoms with Crippen LogP contribution in [0.2, 0.25) is 0 Å². The predicted molar refractivity (Wildman–Crippen MR) is 75.8 cm³/mol. The van der Waals surface area contributed by atoms with E-state index in [9.17, 15) is 5.11 Å². The molecule has 0 bridgehead atoms. The summed E-state index contributed by atoms with van der Waals surface area (Å²) in [5.41, 5.74) is 6.35. The molecule has 1 aromatic rings. The number of methoxy groups -OCH3 is 1. The molecule has 1 aromatic carbocycles. The Kier molecular flexibility index (Phi) is 4.30. The van der Waals surface area contributed by atoms with E-state index in [1.54, 1.807) is 7.11 Å². The van der Waals surface area contributed by atoms with E-state index in [1.165, 1.54) is 0 Å². The molecule has 100 valence electrons. The molecule has 0 spiro atoms. The van der Waals surface area contributed by atoms with Crippen LogP contribution in [0.15, 0.2) is 22.7 Å². The van der Waals surface area contributed by atoms with Gasteiger partial charge >= 0.3 is 0 Å². The molecule has 0 heterocycles. The average molecular weight is 314 g/mol. The molecule has 0 radical (unpaired) electrons. The first-order chi connectivity index (χ1) is 8.52. The van der Waals surface area contributed by atoms with Gasteiger partial charge in [0, 0.05) is 16.9 Å². The lowest BCUT2D eigenvalue weighted by molar-refractivity contribution is 0.0000561. The molecule has 0 amide bonds. The van der Waals surface area contributed by atoms with E-state index in [0.717, 1.165) is 41.5 Å². The SMILES string of the molecule is COc1ccc(Br)c(CC2(O)CCC(N)CC2)c1. The minimum absolute atomic E-state index is 0.249. The number of nitrogens with two attached hydrogens (primary N) is 1. The van der Waals surface area contributed by atoms with Crippen LogP contribution in [-0.4, -0.2) is 23.9 Å². The molecular weight excluding hydrogens is 294 g/mol. The third-order valence-corrected chi connectivity index (χ3v) is 4.51. The number of ether oxygens (including phenoxy) is 1. The molecule has 0 aliphatic heterocycles. The molecule has 3 nitrogen and oxygen atoms in total. The summed E-state index contributed by atoms with van der Waals surface area (Å²) in [6.45, 7) is 0. The Bertz CT molecular complexity index is 414. The maximum Gasteiger partial charge on any atom is 0.119 e. The van der Waals surface area contributed by atoms with Gasteiger partial charge in [-0.05, 0) is 49.4 Å². The van der Waals surface area contributed by atoms with Gasteiger partial charge in [-0.1, -0.05) is 15.9 Å². The minimum Gasteiger partial charge on any atom is -0.497 e. The summed E-state index contributed by atoms with van der Waals surface area (Å²) in [6, 6.07) is 6.11. The van der Waals surface area contributed by atoms with Gasteiger partial charge in [-0.2, -0.15) is 0 Å². The summed E-state index contributed by atoms with van der Waals surface area (Å²) in [5, 5.41) is 10.6. The molecular formula is C14H20BrNO2. The molecule has 2 rings (SSSR count). The maximum atomic E-state index is 10.6. The van der Waals surface area contributed by atoms with E-state index in [4.69, 9.17) is 10.5 Å². The van der Waals surface area contributed by atoms with E-state index >= 15 is 0 Å². The Morgan fingerprint density at radius 2 is 2.11 bits per heavy atom. The molecule has 4 heteroatoms. The number of halogens is 1. The second-order valence-electron chi connectivity index (χ2n) is 5.20. The molecule has 1 saturated carbocycles. The third kappa shape index (κ3) is 3.25. The Balaban J connectivity index is 2.13. The zero-order chi connectivity index (χ0) is 13.2. The molecule has 0 atom stereocenters. The largest absolute Gasteiger partial charge is 0.497 e. The highest BCUT2D eigenvalue weighted by atomic mass is 79.9. The van der Waals surface area contributed by atoms with Crippen molar-refractivity contribution in [2.45, 2.75) is 43.7 Å². The fourth-order valence-electron chi connectivity index (χ4n) is 2.52. The topological polar surface area (TPSA) is 55.5 Å². The summed E-state index contributed by atoms with van der Waals surface area (Å²) < 4.78 is 6.25. The Labute approximate surface area is 116 Å². The van der Waals surface area contributed by atoms with E-state index in [0.29, 0.717) is 6.42 Å². The number of rotatable bonds is 3. The second kappa shape index (κ2) is 5.59. The van der Waals surface area contributed by atoms with Gasteiger partial charge in [-0.25, -0.2) is 0 Å². The van der Waals surface area contributed by atoms with Crippen molar-refractivity contribution in [2.24, 2.45) is 5.73 Å². The summed E-state index contributed by atoms with van der Waals surface area (Å²) in [5.74, 6) is 0.823. The van der Waals surface area contributed by atoms with Gasteiger partial charge < -0.3 is 15.6 Å². The van der Waals surface area contributed by atoms with Crippen LogP contribution in [0, 0.1) is 0 Å². The highest BCUT2D eigenvalue weighted by molar-refractivity contribution is 9.10. The number of aliphatic hydroxyl groups is 1. The van der Waals surface area contributed by atoms with Crippen LogP contribution < -0.4 is 10.5 Å². The van der Waals surface area contributed by atoms with E-state index in [-0.39, 0.29) is 6.04 Å². The molecule has 1 aliphatic carbocycles. The van der Waals surface area contributed by atoms with Gasteiger partial charge in [-0.15, -0.1) is 0 Å². The lowest BCUT2D eigenvalue weighted by Gasteiger charge is -2.35. The van der Waals surface area contributed by atoms with Gasteiger partial charge in [0.15, 0.2) is 0 Å². The van der Waals surface area contributed by atoms with Gasteiger partial charge in [-0.3, -0.25) is 0 Å². The zero-order valence-corrected chi connectivity index (χ0v) is 12.2. The summed E-state index contributed by atoms with van der Waals surface area (Å²) in [7, 11) is 1.65. The first-order valence-electron chi connectivity index (χ1n) is 6.33. The van der Waals surface area contributed by atoms with Crippen molar-refractivity contribution in [1.29, 1.82) is 0 Å². The van der Waals surface area contributed by atoms with Crippen LogP contribution in [0.5, 0.6) is 5.75 Å². The van der Waals surface area contributed by atoms with Crippen molar-refractivity contribution in [3.8, 4) is 5.75 Å². The van der Waals surface area contributed by atoms with Crippen molar-refractivity contribution in [3.05, 3.63) is 28.2 Å². The standard InChI is InChI=1S/C14H20BrNO2/c1-18-12-2-3-13(15)10(8-12)9-14(17)6-4-11(16)5-7-14/h2-3,8,11,17H,4-7,9,16H2,1H3. The predicted octanol–water partition coefficient (Wildman–Crippen LogP) is 2.63. The Hall–Kier alpha value is -0.580. The van der Waals surface area contributed by atoms with E-state index in [1.807, 2.05) is 18.2 Å². The van der Waals surface area contributed by atoms with Crippen molar-refractivity contribution < 1.29 is 9.84 Å². The molecule has 0 aromatic heterocycles. The minimum atomic E-state index is -0.620. The van der Waals surface area contributed by atoms with Crippen LogP contribution in [0.4, 0.5) is 0 Å². The van der Waals surface area contributed by atoms with Gasteiger partial charge in [0.25, 0.3) is 0 Å². The summed E-state index contributed by atoms with van der Waals surface area (Å²) >= 11 is 3.53. The highest BCUT2D eigenvalue weighted by Crippen LogP contribution is 2.34. The molecule has 0 saturated heterocycles. The van der Waals surface area contributed by atoms with Gasteiger partial charge in [0.1, 0.15) is 5.75 Å². The maximum absolute atomic E-state index is 10.6. The van der Waals surface area contributed by atoms with Gasteiger partial charge in [0.2, 0.25) is 0 Å². The van der Waals surface area contributed by atoms with Gasteiger partial charge in [0.05, 0.1) is 12.7 Å². The first kappa shape index (κ1) is 13.8. The van der Waals surface area contributed by atoms with E-state index < -0.39 is 5.60 Å². The average Bonchev–Trinajstić information content (AvgIpc) is 2.36. The van der Waals surface area contributed by atoms with Crippen LogP contribution in [0.3, 0.4) is 0 Å². The Morgan fingerprint density at radius 1 is 1.44 bits per heavy atom. The molecule has 1 fully saturated rings. The third-order valence-electron chi connectivity index (χ3n) is 3.73. The zero-order valence-electron chi connectivity index (χ0n) is 10.7. The second-order valence-corrected chi connectivity index (χ2v) is 6.05. The summed E-state index contributed by atoms with van der Waals surface area (Å²) in [4.78, 5) is 0. The smallest absolute Gasteiger partial charge is 0.119 e.